The molecule has 1 saturated carbocycles. The molecule has 0 bridgehead atoms. The molecule has 0 amide bonds. The van der Waals surface area contributed by atoms with Crippen molar-refractivity contribution in [3.63, 3.8) is 0 Å². The standard InChI is InChI=1S/C19H38N4O4S.HI/c1-6-20-17(23-16-13-19(4,26-5)18(16,2)3)21-10-12-28(24,25)22-14-15-9-7-8-11-27-15;/h15-16,22H,6-14H2,1-5H3,(H2,20,21,23);1H. The van der Waals surface area contributed by atoms with Crippen LogP contribution in [0.4, 0.5) is 0 Å². The van der Waals surface area contributed by atoms with E-state index < -0.39 is 10.0 Å². The molecule has 3 unspecified atom stereocenters. The number of halogens is 1. The molecule has 3 N–H and O–H groups in total. The summed E-state index contributed by atoms with van der Waals surface area (Å²) in [5, 5.41) is 6.63. The largest absolute Gasteiger partial charge is 0.378 e. The maximum absolute atomic E-state index is 12.2. The van der Waals surface area contributed by atoms with Crippen LogP contribution < -0.4 is 15.4 Å². The summed E-state index contributed by atoms with van der Waals surface area (Å²) in [5.41, 5.74) is -0.220. The first-order chi connectivity index (χ1) is 13.1. The number of sulfonamides is 1. The van der Waals surface area contributed by atoms with Crippen molar-refractivity contribution in [1.82, 2.24) is 15.4 Å². The van der Waals surface area contributed by atoms with Crippen molar-refractivity contribution in [2.24, 2.45) is 10.4 Å². The van der Waals surface area contributed by atoms with Crippen LogP contribution in [0.15, 0.2) is 4.99 Å². The Morgan fingerprint density at radius 2 is 2.00 bits per heavy atom. The summed E-state index contributed by atoms with van der Waals surface area (Å²) < 4.78 is 38.4. The Bertz CT molecular complexity index is 638. The van der Waals surface area contributed by atoms with Crippen LogP contribution in [0.5, 0.6) is 0 Å². The van der Waals surface area contributed by atoms with Crippen molar-refractivity contribution in [3.05, 3.63) is 0 Å². The summed E-state index contributed by atoms with van der Waals surface area (Å²) in [7, 11) is -1.63. The number of hydrogen-bond donors (Lipinski definition) is 3. The second kappa shape index (κ2) is 11.4. The first-order valence-corrected chi connectivity index (χ1v) is 12.0. The molecular weight excluding hydrogens is 507 g/mol. The van der Waals surface area contributed by atoms with Crippen LogP contribution in [0.1, 0.15) is 53.4 Å². The van der Waals surface area contributed by atoms with Gasteiger partial charge >= 0.3 is 0 Å². The smallest absolute Gasteiger partial charge is 0.213 e. The van der Waals surface area contributed by atoms with Gasteiger partial charge in [0.15, 0.2) is 5.96 Å². The SMILES string of the molecule is CCNC(=NCCS(=O)(=O)NCC1CCCCO1)NC1CC(C)(OC)C1(C)C.I. The lowest BCUT2D eigenvalue weighted by molar-refractivity contribution is -0.176. The number of guanidine groups is 1. The molecule has 1 aliphatic heterocycles. The van der Waals surface area contributed by atoms with Crippen molar-refractivity contribution in [3.8, 4) is 0 Å². The molecule has 0 radical (unpaired) electrons. The van der Waals surface area contributed by atoms with E-state index in [4.69, 9.17) is 9.47 Å². The Kier molecular flexibility index (Phi) is 10.6. The number of nitrogens with one attached hydrogen (secondary N) is 3. The third kappa shape index (κ3) is 7.19. The predicted molar refractivity (Wildman–Crippen MR) is 128 cm³/mol. The number of nitrogens with zero attached hydrogens (tertiary/aromatic N) is 1. The van der Waals surface area contributed by atoms with Crippen LogP contribution in [0.3, 0.4) is 0 Å². The maximum atomic E-state index is 12.2. The number of hydrogen-bond acceptors (Lipinski definition) is 5. The van der Waals surface area contributed by atoms with E-state index in [0.29, 0.717) is 25.7 Å². The lowest BCUT2D eigenvalue weighted by atomic mass is 9.56. The van der Waals surface area contributed by atoms with Gasteiger partial charge in [0.1, 0.15) is 0 Å². The molecule has 2 aliphatic rings. The van der Waals surface area contributed by atoms with Crippen LogP contribution in [-0.2, 0) is 19.5 Å². The Labute approximate surface area is 193 Å². The predicted octanol–water partition coefficient (Wildman–Crippen LogP) is 1.85. The van der Waals surface area contributed by atoms with Crippen molar-refractivity contribution in [1.29, 1.82) is 0 Å². The van der Waals surface area contributed by atoms with Gasteiger partial charge in [0.05, 0.1) is 24.0 Å². The van der Waals surface area contributed by atoms with E-state index in [-0.39, 0.29) is 59.4 Å². The van der Waals surface area contributed by atoms with Gasteiger partial charge in [-0.3, -0.25) is 4.99 Å². The Balaban J connectivity index is 0.00000420. The molecule has 10 heteroatoms. The molecule has 0 aromatic heterocycles. The van der Waals surface area contributed by atoms with Gasteiger partial charge in [-0.2, -0.15) is 0 Å². The number of methoxy groups -OCH3 is 1. The third-order valence-corrected chi connectivity index (χ3v) is 7.69. The minimum atomic E-state index is -3.37. The highest BCUT2D eigenvalue weighted by molar-refractivity contribution is 14.0. The molecule has 1 saturated heterocycles. The molecule has 1 heterocycles. The van der Waals surface area contributed by atoms with Crippen molar-refractivity contribution in [2.45, 2.75) is 71.1 Å². The van der Waals surface area contributed by atoms with Gasteiger partial charge < -0.3 is 20.1 Å². The minimum absolute atomic E-state index is 0. The fourth-order valence-corrected chi connectivity index (χ4v) is 4.66. The van der Waals surface area contributed by atoms with Gasteiger partial charge in [-0.05, 0) is 39.5 Å². The molecule has 3 atom stereocenters. The van der Waals surface area contributed by atoms with E-state index in [0.717, 1.165) is 25.7 Å². The van der Waals surface area contributed by atoms with Crippen LogP contribution in [0.25, 0.3) is 0 Å². The first-order valence-electron chi connectivity index (χ1n) is 10.3. The second-order valence-corrected chi connectivity index (χ2v) is 10.4. The summed E-state index contributed by atoms with van der Waals surface area (Å²) in [6.07, 6.45) is 3.92. The Morgan fingerprint density at radius 1 is 1.28 bits per heavy atom. The zero-order chi connectivity index (χ0) is 20.8. The quantitative estimate of drug-likeness (QED) is 0.232. The third-order valence-electron chi connectivity index (χ3n) is 6.37. The van der Waals surface area contributed by atoms with Crippen molar-refractivity contribution >= 4 is 40.0 Å². The first kappa shape index (κ1) is 26.9. The average molecular weight is 547 g/mol. The molecule has 1 aliphatic carbocycles. The van der Waals surface area contributed by atoms with Gasteiger partial charge in [0, 0.05) is 38.3 Å². The highest BCUT2D eigenvalue weighted by atomic mass is 127. The molecule has 0 spiro atoms. The Hall–Kier alpha value is -0.170. The lowest BCUT2D eigenvalue weighted by Gasteiger charge is -2.59. The molecule has 2 fully saturated rings. The summed E-state index contributed by atoms with van der Waals surface area (Å²) in [6, 6.07) is 0.216. The average Bonchev–Trinajstić information content (AvgIpc) is 2.66. The van der Waals surface area contributed by atoms with Gasteiger partial charge in [-0.25, -0.2) is 13.1 Å². The van der Waals surface area contributed by atoms with Crippen LogP contribution in [0.2, 0.25) is 0 Å². The highest BCUT2D eigenvalue weighted by Gasteiger charge is 2.58. The second-order valence-electron chi connectivity index (χ2n) is 8.47. The van der Waals surface area contributed by atoms with Crippen molar-refractivity contribution < 1.29 is 17.9 Å². The normalized spacial score (nSPS) is 29.5. The zero-order valence-electron chi connectivity index (χ0n) is 18.4. The lowest BCUT2D eigenvalue weighted by Crippen LogP contribution is -2.69. The van der Waals surface area contributed by atoms with Crippen molar-refractivity contribution in [2.75, 3.05) is 39.1 Å². The van der Waals surface area contributed by atoms with E-state index in [1.165, 1.54) is 0 Å². The van der Waals surface area contributed by atoms with Gasteiger partial charge in [0.25, 0.3) is 0 Å². The number of rotatable bonds is 9. The van der Waals surface area contributed by atoms with Crippen LogP contribution >= 0.6 is 24.0 Å². The van der Waals surface area contributed by atoms with E-state index in [2.05, 4.69) is 41.1 Å². The van der Waals surface area contributed by atoms with Crippen LogP contribution in [0, 0.1) is 5.41 Å². The van der Waals surface area contributed by atoms with Gasteiger partial charge in [-0.1, -0.05) is 13.8 Å². The Morgan fingerprint density at radius 3 is 2.55 bits per heavy atom. The monoisotopic (exact) mass is 546 g/mol. The van der Waals surface area contributed by atoms with Gasteiger partial charge in [0.2, 0.25) is 10.0 Å². The van der Waals surface area contributed by atoms with E-state index in [9.17, 15) is 8.42 Å². The zero-order valence-corrected chi connectivity index (χ0v) is 21.6. The molecule has 8 nitrogen and oxygen atoms in total. The van der Waals surface area contributed by atoms with Crippen LogP contribution in [-0.4, -0.2) is 71.2 Å². The van der Waals surface area contributed by atoms with E-state index >= 15 is 0 Å². The summed E-state index contributed by atoms with van der Waals surface area (Å²) in [4.78, 5) is 4.46. The molecule has 0 aromatic rings. The van der Waals surface area contributed by atoms with Gasteiger partial charge in [-0.15, -0.1) is 24.0 Å². The topological polar surface area (TPSA) is 101 Å². The molecular formula is C19H39IN4O4S. The maximum Gasteiger partial charge on any atom is 0.213 e. The van der Waals surface area contributed by atoms with E-state index in [1.54, 1.807) is 7.11 Å². The molecule has 172 valence electrons. The molecule has 29 heavy (non-hydrogen) atoms. The summed E-state index contributed by atoms with van der Waals surface area (Å²) in [5.74, 6) is 0.602. The number of aliphatic imine (C=N–C) groups is 1. The molecule has 2 rings (SSSR count). The minimum Gasteiger partial charge on any atom is -0.378 e. The molecule has 0 aromatic carbocycles. The van der Waals surface area contributed by atoms with E-state index in [1.807, 2.05) is 6.92 Å². The number of ether oxygens (including phenoxy) is 2. The summed E-state index contributed by atoms with van der Waals surface area (Å²) in [6.45, 7) is 10.4. The highest BCUT2D eigenvalue weighted by Crippen LogP contribution is 2.51. The fraction of sp³-hybridized carbons (Fsp3) is 0.947. The summed E-state index contributed by atoms with van der Waals surface area (Å²) >= 11 is 0. The fourth-order valence-electron chi connectivity index (χ4n) is 3.75.